The Balaban J connectivity index is 1.90. The number of carbonyl (C=O) groups is 1. The molecule has 1 N–H and O–H groups in total. The van der Waals surface area contributed by atoms with Crippen molar-refractivity contribution in [3.05, 3.63) is 83.1 Å². The third-order valence-corrected chi connectivity index (χ3v) is 5.13. The summed E-state index contributed by atoms with van der Waals surface area (Å²) >= 11 is 7.07. The molecule has 0 unspecified atom stereocenters. The number of nitrogens with zero attached hydrogens (tertiary/aromatic N) is 2. The Morgan fingerprint density at radius 3 is 2.36 bits per heavy atom. The summed E-state index contributed by atoms with van der Waals surface area (Å²) in [5.74, 6) is -0.537. The van der Waals surface area contributed by atoms with Crippen LogP contribution in [-0.4, -0.2) is 15.9 Å². The predicted molar refractivity (Wildman–Crippen MR) is 102 cm³/mol. The summed E-state index contributed by atoms with van der Waals surface area (Å²) in [5.41, 5.74) is -0.361. The number of anilines is 1. The highest BCUT2D eigenvalue weighted by atomic mass is 35.5. The molecule has 0 saturated heterocycles. The fraction of sp³-hybridized carbons (Fsp3) is 0.105. The molecular formula is C19H13ClF3N3OS. The largest absolute Gasteiger partial charge is 0.416 e. The molecule has 144 valence electrons. The third-order valence-electron chi connectivity index (χ3n) is 3.66. The van der Waals surface area contributed by atoms with Crippen molar-refractivity contribution < 1.29 is 18.0 Å². The molecule has 0 aliphatic heterocycles. The maximum absolute atomic E-state index is 13.0. The first-order valence-electron chi connectivity index (χ1n) is 8.01. The normalized spacial score (nSPS) is 12.4. The number of benzene rings is 2. The van der Waals surface area contributed by atoms with Gasteiger partial charge in [0.05, 0.1) is 16.3 Å². The molecule has 0 radical (unpaired) electrons. The van der Waals surface area contributed by atoms with Gasteiger partial charge >= 0.3 is 6.18 Å². The maximum Gasteiger partial charge on any atom is 0.416 e. The minimum atomic E-state index is -4.55. The van der Waals surface area contributed by atoms with Crippen molar-refractivity contribution in [3.8, 4) is 0 Å². The number of hydrogen-bond donors (Lipinski definition) is 1. The molecule has 3 rings (SSSR count). The number of hydrogen-bond acceptors (Lipinski definition) is 4. The zero-order valence-corrected chi connectivity index (χ0v) is 15.7. The van der Waals surface area contributed by atoms with Crippen LogP contribution in [0.15, 0.2) is 72.1 Å². The van der Waals surface area contributed by atoms with Crippen LogP contribution < -0.4 is 5.32 Å². The van der Waals surface area contributed by atoms with Gasteiger partial charge in [0.15, 0.2) is 5.16 Å². The molecule has 4 nitrogen and oxygen atoms in total. The summed E-state index contributed by atoms with van der Waals surface area (Å²) in [6.45, 7) is 0. The molecule has 3 aromatic rings. The van der Waals surface area contributed by atoms with E-state index >= 15 is 0 Å². The zero-order valence-electron chi connectivity index (χ0n) is 14.2. The molecule has 0 fully saturated rings. The molecule has 0 saturated carbocycles. The van der Waals surface area contributed by atoms with Crippen molar-refractivity contribution >= 4 is 35.0 Å². The molecule has 0 bridgehead atoms. The van der Waals surface area contributed by atoms with E-state index in [1.165, 1.54) is 0 Å². The van der Waals surface area contributed by atoms with Crippen molar-refractivity contribution in [2.24, 2.45) is 0 Å². The molecule has 0 aliphatic carbocycles. The van der Waals surface area contributed by atoms with Crippen LogP contribution in [-0.2, 0) is 11.0 Å². The van der Waals surface area contributed by atoms with E-state index in [1.807, 2.05) is 0 Å². The van der Waals surface area contributed by atoms with Crippen molar-refractivity contribution in [1.29, 1.82) is 0 Å². The second-order valence-electron chi connectivity index (χ2n) is 5.62. The van der Waals surface area contributed by atoms with Gasteiger partial charge < -0.3 is 5.32 Å². The molecule has 1 amide bonds. The second kappa shape index (κ2) is 8.62. The molecule has 28 heavy (non-hydrogen) atoms. The van der Waals surface area contributed by atoms with E-state index in [1.54, 1.807) is 48.8 Å². The Bertz CT molecular complexity index is 956. The average molecular weight is 424 g/mol. The minimum Gasteiger partial charge on any atom is -0.323 e. The van der Waals surface area contributed by atoms with Crippen molar-refractivity contribution in [2.75, 3.05) is 5.32 Å². The number of nitrogens with one attached hydrogen (secondary N) is 1. The smallest absolute Gasteiger partial charge is 0.323 e. The summed E-state index contributed by atoms with van der Waals surface area (Å²) in [4.78, 5) is 21.1. The van der Waals surface area contributed by atoms with Crippen molar-refractivity contribution in [1.82, 2.24) is 9.97 Å². The Morgan fingerprint density at radius 1 is 1.04 bits per heavy atom. The predicted octanol–water partition coefficient (Wildman–Crippen LogP) is 5.62. The number of amides is 1. The SMILES string of the molecule is O=C(Nc1cc(C(F)(F)F)ccc1Cl)[C@@H](Sc1ncccn1)c1ccccc1. The lowest BCUT2D eigenvalue weighted by atomic mass is 10.1. The van der Waals surface area contributed by atoms with Crippen molar-refractivity contribution in [3.63, 3.8) is 0 Å². The minimum absolute atomic E-state index is 0.00845. The van der Waals surface area contributed by atoms with Crippen LogP contribution in [0.4, 0.5) is 18.9 Å². The first-order valence-corrected chi connectivity index (χ1v) is 9.26. The Labute approximate surface area is 168 Å². The quantitative estimate of drug-likeness (QED) is 0.427. The van der Waals surface area contributed by atoms with E-state index < -0.39 is 22.9 Å². The first kappa shape index (κ1) is 20.2. The van der Waals surface area contributed by atoms with Crippen LogP contribution in [0.5, 0.6) is 0 Å². The standard InChI is InChI=1S/C19H13ClF3N3OS/c20-14-8-7-13(19(21,22)23)11-15(14)26-17(27)16(12-5-2-1-3-6-12)28-18-24-9-4-10-25-18/h1-11,16H,(H,26,27)/t16-/m0/s1. The topological polar surface area (TPSA) is 54.9 Å². The van der Waals surface area contributed by atoms with E-state index in [4.69, 9.17) is 11.6 Å². The van der Waals surface area contributed by atoms with Crippen molar-refractivity contribution in [2.45, 2.75) is 16.6 Å². The first-order chi connectivity index (χ1) is 13.3. The highest BCUT2D eigenvalue weighted by Crippen LogP contribution is 2.37. The lowest BCUT2D eigenvalue weighted by Gasteiger charge is -2.17. The molecular weight excluding hydrogens is 411 g/mol. The molecule has 2 aromatic carbocycles. The van der Waals surface area contributed by atoms with Gasteiger partial charge in [0.25, 0.3) is 0 Å². The Kier molecular flexibility index (Phi) is 6.21. The van der Waals surface area contributed by atoms with Crippen LogP contribution in [0.1, 0.15) is 16.4 Å². The summed E-state index contributed by atoms with van der Waals surface area (Å²) in [6.07, 6.45) is -1.46. The molecule has 0 spiro atoms. The molecule has 0 aliphatic rings. The number of rotatable bonds is 5. The summed E-state index contributed by atoms with van der Waals surface area (Å²) in [6, 6.07) is 13.2. The van der Waals surface area contributed by atoms with E-state index in [9.17, 15) is 18.0 Å². The average Bonchev–Trinajstić information content (AvgIpc) is 2.68. The molecule has 9 heteroatoms. The van der Waals surface area contributed by atoms with E-state index in [0.29, 0.717) is 10.7 Å². The summed E-state index contributed by atoms with van der Waals surface area (Å²) < 4.78 is 38.9. The number of aromatic nitrogens is 2. The lowest BCUT2D eigenvalue weighted by molar-refractivity contribution is -0.137. The molecule has 1 atom stereocenters. The van der Waals surface area contributed by atoms with E-state index in [0.717, 1.165) is 30.0 Å². The van der Waals surface area contributed by atoms with E-state index in [-0.39, 0.29) is 10.7 Å². The second-order valence-corrected chi connectivity index (χ2v) is 7.10. The number of halogens is 4. The third kappa shape index (κ3) is 5.02. The lowest BCUT2D eigenvalue weighted by Crippen LogP contribution is -2.20. The van der Waals surface area contributed by atoms with Gasteiger partial charge in [0.2, 0.25) is 5.91 Å². The fourth-order valence-electron chi connectivity index (χ4n) is 2.35. The Morgan fingerprint density at radius 2 is 1.71 bits per heavy atom. The number of carbonyl (C=O) groups excluding carboxylic acids is 1. The van der Waals surface area contributed by atoms with Crippen LogP contribution in [0, 0.1) is 0 Å². The summed E-state index contributed by atoms with van der Waals surface area (Å²) in [5, 5.41) is 2.08. The number of thioether (sulfide) groups is 1. The van der Waals surface area contributed by atoms with Gasteiger partial charge in [-0.05, 0) is 29.8 Å². The van der Waals surface area contributed by atoms with Crippen LogP contribution >= 0.6 is 23.4 Å². The van der Waals surface area contributed by atoms with Gasteiger partial charge in [-0.3, -0.25) is 4.79 Å². The van der Waals surface area contributed by atoms with Crippen LogP contribution in [0.2, 0.25) is 5.02 Å². The highest BCUT2D eigenvalue weighted by molar-refractivity contribution is 8.00. The fourth-order valence-corrected chi connectivity index (χ4v) is 3.43. The molecule has 1 heterocycles. The van der Waals surface area contributed by atoms with Gasteiger partial charge in [-0.2, -0.15) is 13.2 Å². The monoisotopic (exact) mass is 423 g/mol. The van der Waals surface area contributed by atoms with Crippen LogP contribution in [0.25, 0.3) is 0 Å². The highest BCUT2D eigenvalue weighted by Gasteiger charge is 2.31. The van der Waals surface area contributed by atoms with Gasteiger partial charge in [-0.25, -0.2) is 9.97 Å². The van der Waals surface area contributed by atoms with Gasteiger partial charge in [0, 0.05) is 12.4 Å². The van der Waals surface area contributed by atoms with Gasteiger partial charge in [-0.1, -0.05) is 53.7 Å². The van der Waals surface area contributed by atoms with Gasteiger partial charge in [0.1, 0.15) is 5.25 Å². The summed E-state index contributed by atoms with van der Waals surface area (Å²) in [7, 11) is 0. The van der Waals surface area contributed by atoms with Gasteiger partial charge in [-0.15, -0.1) is 0 Å². The maximum atomic E-state index is 13.0. The zero-order chi connectivity index (χ0) is 20.1. The van der Waals surface area contributed by atoms with E-state index in [2.05, 4.69) is 15.3 Å². The molecule has 1 aromatic heterocycles. The Hall–Kier alpha value is -2.58. The number of alkyl halides is 3. The van der Waals surface area contributed by atoms with Crippen LogP contribution in [0.3, 0.4) is 0 Å².